The minimum Gasteiger partial charge on any atom is -0.366 e. The lowest BCUT2D eigenvalue weighted by atomic mass is 10.2. The number of anilines is 1. The average molecular weight is 307 g/mol. The van der Waals surface area contributed by atoms with Crippen molar-refractivity contribution in [2.24, 2.45) is 5.73 Å². The summed E-state index contributed by atoms with van der Waals surface area (Å²) in [7, 11) is -3.73. The summed E-state index contributed by atoms with van der Waals surface area (Å²) in [6.45, 7) is 0. The fourth-order valence-electron chi connectivity index (χ4n) is 1.43. The van der Waals surface area contributed by atoms with E-state index in [2.05, 4.69) is 4.72 Å². The molecule has 0 saturated heterocycles. The largest absolute Gasteiger partial charge is 0.366 e. The second kappa shape index (κ2) is 5.32. The van der Waals surface area contributed by atoms with Gasteiger partial charge in [-0.1, -0.05) is 0 Å². The number of thiophene rings is 1. The molecule has 0 aliphatic rings. The molecule has 102 valence electrons. The quantitative estimate of drug-likeness (QED) is 0.891. The summed E-state index contributed by atoms with van der Waals surface area (Å²) in [5, 5.41) is 8.69. The molecule has 1 heterocycles. The second-order valence-corrected chi connectivity index (χ2v) is 6.77. The predicted molar refractivity (Wildman–Crippen MR) is 74.8 cm³/mol. The van der Waals surface area contributed by atoms with Crippen molar-refractivity contribution in [1.82, 2.24) is 0 Å². The standard InChI is InChI=1S/C12H9N3O3S2/c13-7-10-5-6-11(19-10)20(17,18)15-9-3-1-8(2-4-9)12(14)16/h1-6,15H,(H2,14,16). The van der Waals surface area contributed by atoms with E-state index in [-0.39, 0.29) is 9.77 Å². The maximum atomic E-state index is 12.0. The molecule has 0 spiro atoms. The lowest BCUT2D eigenvalue weighted by Crippen LogP contribution is -2.13. The molecule has 0 aliphatic heterocycles. The van der Waals surface area contributed by atoms with Crippen LogP contribution >= 0.6 is 11.3 Å². The van der Waals surface area contributed by atoms with E-state index in [9.17, 15) is 13.2 Å². The van der Waals surface area contributed by atoms with Gasteiger partial charge in [0.05, 0.1) is 0 Å². The Hall–Kier alpha value is -2.37. The number of primary amides is 1. The lowest BCUT2D eigenvalue weighted by molar-refractivity contribution is 0.100. The summed E-state index contributed by atoms with van der Waals surface area (Å²) in [5.74, 6) is -0.587. The summed E-state index contributed by atoms with van der Waals surface area (Å²) in [6, 6.07) is 10.4. The third-order valence-corrected chi connectivity index (χ3v) is 5.24. The molecule has 1 amide bonds. The van der Waals surface area contributed by atoms with Crippen molar-refractivity contribution < 1.29 is 13.2 Å². The maximum absolute atomic E-state index is 12.0. The van der Waals surface area contributed by atoms with Crippen LogP contribution in [0.15, 0.2) is 40.6 Å². The van der Waals surface area contributed by atoms with Crippen molar-refractivity contribution in [3.8, 4) is 6.07 Å². The van der Waals surface area contributed by atoms with Gasteiger partial charge in [-0.2, -0.15) is 5.26 Å². The zero-order valence-corrected chi connectivity index (χ0v) is 11.7. The van der Waals surface area contributed by atoms with E-state index in [1.54, 1.807) is 0 Å². The fourth-order valence-corrected chi connectivity index (χ4v) is 3.59. The van der Waals surface area contributed by atoms with Crippen LogP contribution in [0.2, 0.25) is 0 Å². The van der Waals surface area contributed by atoms with Gasteiger partial charge < -0.3 is 5.73 Å². The van der Waals surface area contributed by atoms with Crippen molar-refractivity contribution in [2.75, 3.05) is 4.72 Å². The van der Waals surface area contributed by atoms with Gasteiger partial charge in [0.1, 0.15) is 15.2 Å². The number of rotatable bonds is 4. The minimum atomic E-state index is -3.73. The van der Waals surface area contributed by atoms with Gasteiger partial charge in [0, 0.05) is 11.3 Å². The van der Waals surface area contributed by atoms with E-state index >= 15 is 0 Å². The number of carbonyl (C=O) groups excluding carboxylic acids is 1. The maximum Gasteiger partial charge on any atom is 0.271 e. The topological polar surface area (TPSA) is 113 Å². The third-order valence-electron chi connectivity index (χ3n) is 2.38. The van der Waals surface area contributed by atoms with Crippen LogP contribution in [-0.4, -0.2) is 14.3 Å². The highest BCUT2D eigenvalue weighted by molar-refractivity contribution is 7.94. The van der Waals surface area contributed by atoms with E-state index in [1.807, 2.05) is 6.07 Å². The molecular formula is C12H9N3O3S2. The summed E-state index contributed by atoms with van der Waals surface area (Å²) >= 11 is 0.881. The van der Waals surface area contributed by atoms with E-state index in [4.69, 9.17) is 11.0 Å². The van der Waals surface area contributed by atoms with Crippen LogP contribution in [0.4, 0.5) is 5.69 Å². The van der Waals surface area contributed by atoms with Gasteiger partial charge in [0.25, 0.3) is 10.0 Å². The molecule has 1 aromatic heterocycles. The molecule has 3 N–H and O–H groups in total. The van der Waals surface area contributed by atoms with Crippen LogP contribution in [0.25, 0.3) is 0 Å². The van der Waals surface area contributed by atoms with Gasteiger partial charge >= 0.3 is 0 Å². The number of amides is 1. The van der Waals surface area contributed by atoms with Gasteiger partial charge in [0.15, 0.2) is 0 Å². The second-order valence-electron chi connectivity index (χ2n) is 3.78. The number of benzene rings is 1. The van der Waals surface area contributed by atoms with Crippen molar-refractivity contribution in [3.63, 3.8) is 0 Å². The molecule has 1 aromatic carbocycles. The van der Waals surface area contributed by atoms with Gasteiger partial charge in [-0.3, -0.25) is 9.52 Å². The number of nitrogens with one attached hydrogen (secondary N) is 1. The number of nitriles is 1. The first-order valence-electron chi connectivity index (χ1n) is 5.35. The number of nitrogens with zero attached hydrogens (tertiary/aromatic N) is 1. The van der Waals surface area contributed by atoms with Crippen LogP contribution in [0.3, 0.4) is 0 Å². The van der Waals surface area contributed by atoms with Gasteiger partial charge in [0.2, 0.25) is 5.91 Å². The van der Waals surface area contributed by atoms with Crippen LogP contribution in [-0.2, 0) is 10.0 Å². The molecular weight excluding hydrogens is 298 g/mol. The van der Waals surface area contributed by atoms with Crippen LogP contribution in [0.1, 0.15) is 15.2 Å². The van der Waals surface area contributed by atoms with E-state index < -0.39 is 15.9 Å². The number of carbonyl (C=O) groups is 1. The van der Waals surface area contributed by atoms with Crippen molar-refractivity contribution >= 4 is 33.0 Å². The first-order valence-corrected chi connectivity index (χ1v) is 7.65. The summed E-state index contributed by atoms with van der Waals surface area (Å²) in [4.78, 5) is 11.2. The van der Waals surface area contributed by atoms with E-state index in [0.29, 0.717) is 10.6 Å². The monoisotopic (exact) mass is 307 g/mol. The molecule has 0 fully saturated rings. The molecule has 6 nitrogen and oxygen atoms in total. The Bertz CT molecular complexity index is 786. The molecule has 0 saturated carbocycles. The van der Waals surface area contributed by atoms with Crippen LogP contribution in [0, 0.1) is 11.3 Å². The van der Waals surface area contributed by atoms with Crippen molar-refractivity contribution in [2.45, 2.75) is 4.21 Å². The van der Waals surface area contributed by atoms with Crippen molar-refractivity contribution in [1.29, 1.82) is 5.26 Å². The Morgan fingerprint density at radius 2 is 1.85 bits per heavy atom. The Kier molecular flexibility index (Phi) is 3.74. The average Bonchev–Trinajstić information content (AvgIpc) is 2.88. The summed E-state index contributed by atoms with van der Waals surface area (Å²) < 4.78 is 26.5. The highest BCUT2D eigenvalue weighted by Gasteiger charge is 2.17. The molecule has 0 atom stereocenters. The molecule has 2 rings (SSSR count). The fraction of sp³-hybridized carbons (Fsp3) is 0. The third kappa shape index (κ3) is 2.96. The Labute approximate surface area is 119 Å². The Morgan fingerprint density at radius 1 is 1.20 bits per heavy atom. The smallest absolute Gasteiger partial charge is 0.271 e. The predicted octanol–water partition coefficient (Wildman–Crippen LogP) is 1.52. The molecule has 0 aliphatic carbocycles. The van der Waals surface area contributed by atoms with Crippen LogP contribution < -0.4 is 10.5 Å². The summed E-state index contributed by atoms with van der Waals surface area (Å²) in [5.41, 5.74) is 5.69. The number of sulfonamides is 1. The highest BCUT2D eigenvalue weighted by Crippen LogP contribution is 2.23. The van der Waals surface area contributed by atoms with E-state index in [1.165, 1.54) is 36.4 Å². The minimum absolute atomic E-state index is 0.0491. The Balaban J connectivity index is 2.24. The van der Waals surface area contributed by atoms with Crippen LogP contribution in [0.5, 0.6) is 0 Å². The van der Waals surface area contributed by atoms with Gasteiger partial charge in [-0.05, 0) is 36.4 Å². The summed E-state index contributed by atoms with van der Waals surface area (Å²) in [6.07, 6.45) is 0. The number of hydrogen-bond donors (Lipinski definition) is 2. The first-order chi connectivity index (χ1) is 9.42. The molecule has 0 radical (unpaired) electrons. The SMILES string of the molecule is N#Cc1ccc(S(=O)(=O)Nc2ccc(C(N)=O)cc2)s1. The Morgan fingerprint density at radius 3 is 2.35 bits per heavy atom. The first kappa shape index (κ1) is 14.0. The molecule has 20 heavy (non-hydrogen) atoms. The van der Waals surface area contributed by atoms with Gasteiger partial charge in [-0.15, -0.1) is 11.3 Å². The zero-order valence-electron chi connectivity index (χ0n) is 10.0. The zero-order chi connectivity index (χ0) is 14.8. The molecule has 2 aromatic rings. The normalized spacial score (nSPS) is 10.8. The number of nitrogens with two attached hydrogens (primary N) is 1. The molecule has 8 heteroatoms. The highest BCUT2D eigenvalue weighted by atomic mass is 32.2. The lowest BCUT2D eigenvalue weighted by Gasteiger charge is -2.06. The van der Waals surface area contributed by atoms with E-state index in [0.717, 1.165) is 11.3 Å². The molecule has 0 unspecified atom stereocenters. The molecule has 0 bridgehead atoms. The van der Waals surface area contributed by atoms with Gasteiger partial charge in [-0.25, -0.2) is 8.42 Å². The number of hydrogen-bond acceptors (Lipinski definition) is 5. The van der Waals surface area contributed by atoms with Crippen molar-refractivity contribution in [3.05, 3.63) is 46.8 Å².